The number of hydrogen-bond donors (Lipinski definition) is 2. The van der Waals surface area contributed by atoms with Gasteiger partial charge in [0.2, 0.25) is 11.5 Å². The van der Waals surface area contributed by atoms with E-state index in [1.54, 1.807) is 12.1 Å². The zero-order chi connectivity index (χ0) is 25.5. The molecule has 6 nitrogen and oxygen atoms in total. The summed E-state index contributed by atoms with van der Waals surface area (Å²) in [6, 6.07) is 6.92. The van der Waals surface area contributed by atoms with Gasteiger partial charge in [0.05, 0.1) is 36.2 Å². The maximum Gasteiger partial charge on any atom is 0.204 e. The van der Waals surface area contributed by atoms with Gasteiger partial charge >= 0.3 is 0 Å². The van der Waals surface area contributed by atoms with Crippen molar-refractivity contribution in [3.8, 4) is 34.5 Å². The number of unbranched alkanes of at least 4 members (excludes halogenated alkanes) is 4. The molecule has 0 heterocycles. The molecule has 0 saturated carbocycles. The monoisotopic (exact) mass is 506 g/mol. The maximum absolute atomic E-state index is 10.5. The fourth-order valence-corrected chi connectivity index (χ4v) is 4.17. The van der Waals surface area contributed by atoms with Crippen LogP contribution in [0.2, 0.25) is 0 Å². The Morgan fingerprint density at radius 1 is 0.514 bits per heavy atom. The lowest BCUT2D eigenvalue weighted by Crippen LogP contribution is -2.05. The van der Waals surface area contributed by atoms with Crippen LogP contribution >= 0.6 is 11.8 Å². The van der Waals surface area contributed by atoms with Gasteiger partial charge in [-0.1, -0.05) is 65.1 Å². The fourth-order valence-electron chi connectivity index (χ4n) is 3.17. The van der Waals surface area contributed by atoms with E-state index in [9.17, 15) is 10.2 Å². The van der Waals surface area contributed by atoms with Crippen molar-refractivity contribution in [3.05, 3.63) is 24.3 Å². The minimum absolute atomic E-state index is 0.0608. The lowest BCUT2D eigenvalue weighted by molar-refractivity contribution is 0.246. The summed E-state index contributed by atoms with van der Waals surface area (Å²) < 4.78 is 24.2. The van der Waals surface area contributed by atoms with Crippen molar-refractivity contribution in [2.45, 2.75) is 88.9 Å². The number of ether oxygens (including phenoxy) is 4. The number of hydrogen-bond acceptors (Lipinski definition) is 7. The first-order valence-electron chi connectivity index (χ1n) is 13.0. The summed E-state index contributed by atoms with van der Waals surface area (Å²) in [5, 5.41) is 21.1. The largest absolute Gasteiger partial charge is 0.504 e. The SMILES string of the molecule is CCCCOc1c(O)ccc(Sc2ccc(O)c(OCCCC)c2OCCCC)c1OCCCC. The zero-order valence-electron chi connectivity index (χ0n) is 21.7. The summed E-state index contributed by atoms with van der Waals surface area (Å²) >= 11 is 1.45. The molecule has 0 saturated heterocycles. The van der Waals surface area contributed by atoms with Gasteiger partial charge < -0.3 is 29.2 Å². The van der Waals surface area contributed by atoms with E-state index in [0.717, 1.165) is 61.2 Å². The quantitative estimate of drug-likeness (QED) is 0.199. The van der Waals surface area contributed by atoms with E-state index in [4.69, 9.17) is 18.9 Å². The minimum Gasteiger partial charge on any atom is -0.504 e. The second-order valence-electron chi connectivity index (χ2n) is 8.39. The van der Waals surface area contributed by atoms with E-state index in [0.29, 0.717) is 49.4 Å². The first-order valence-corrected chi connectivity index (χ1v) is 13.8. The van der Waals surface area contributed by atoms with Crippen molar-refractivity contribution >= 4 is 11.8 Å². The number of benzene rings is 2. The van der Waals surface area contributed by atoms with E-state index < -0.39 is 0 Å². The molecule has 0 aromatic heterocycles. The van der Waals surface area contributed by atoms with Crippen LogP contribution in [0.15, 0.2) is 34.1 Å². The van der Waals surface area contributed by atoms with Crippen LogP contribution in [0, 0.1) is 0 Å². The average Bonchev–Trinajstić information content (AvgIpc) is 2.85. The third-order valence-corrected chi connectivity index (χ3v) is 6.39. The van der Waals surface area contributed by atoms with E-state index >= 15 is 0 Å². The summed E-state index contributed by atoms with van der Waals surface area (Å²) in [6.45, 7) is 10.5. The maximum atomic E-state index is 10.5. The molecule has 0 aliphatic carbocycles. The molecule has 2 N–H and O–H groups in total. The molecule has 196 valence electrons. The second-order valence-corrected chi connectivity index (χ2v) is 9.48. The molecule has 2 aromatic rings. The molecular weight excluding hydrogens is 464 g/mol. The molecule has 0 aliphatic rings. The normalized spacial score (nSPS) is 10.9. The Kier molecular flexibility index (Phi) is 13.4. The number of rotatable bonds is 18. The fraction of sp³-hybridized carbons (Fsp3) is 0.571. The van der Waals surface area contributed by atoms with Crippen molar-refractivity contribution in [2.75, 3.05) is 26.4 Å². The first-order chi connectivity index (χ1) is 17.1. The molecule has 0 amide bonds. The van der Waals surface area contributed by atoms with Crippen LogP contribution in [-0.4, -0.2) is 36.6 Å². The highest BCUT2D eigenvalue weighted by atomic mass is 32.2. The van der Waals surface area contributed by atoms with E-state index in [-0.39, 0.29) is 11.5 Å². The zero-order valence-corrected chi connectivity index (χ0v) is 22.5. The predicted octanol–water partition coefficient (Wildman–Crippen LogP) is 7.96. The van der Waals surface area contributed by atoms with E-state index in [2.05, 4.69) is 27.7 Å². The highest BCUT2D eigenvalue weighted by Gasteiger charge is 2.22. The van der Waals surface area contributed by atoms with E-state index in [1.165, 1.54) is 11.8 Å². The van der Waals surface area contributed by atoms with Gasteiger partial charge in [0, 0.05) is 0 Å². The molecule has 35 heavy (non-hydrogen) atoms. The van der Waals surface area contributed by atoms with Crippen molar-refractivity contribution < 1.29 is 29.2 Å². The van der Waals surface area contributed by atoms with Gasteiger partial charge in [-0.15, -0.1) is 0 Å². The summed E-state index contributed by atoms with van der Waals surface area (Å²) in [4.78, 5) is 1.60. The number of aromatic hydroxyl groups is 2. The molecule has 2 aromatic carbocycles. The van der Waals surface area contributed by atoms with Gasteiger partial charge in [-0.3, -0.25) is 0 Å². The molecular formula is C28H42O6S. The van der Waals surface area contributed by atoms with Gasteiger partial charge in [-0.25, -0.2) is 0 Å². The molecule has 0 fully saturated rings. The summed E-state index contributed by atoms with van der Waals surface area (Å²) in [5.41, 5.74) is 0. The van der Waals surface area contributed by atoms with Gasteiger partial charge in [0.15, 0.2) is 23.0 Å². The molecule has 0 unspecified atom stereocenters. The van der Waals surface area contributed by atoms with Crippen LogP contribution in [-0.2, 0) is 0 Å². The number of phenols is 2. The number of phenolic OH excluding ortho intramolecular Hbond substituents is 2. The third kappa shape index (κ3) is 8.95. The van der Waals surface area contributed by atoms with Crippen molar-refractivity contribution in [1.29, 1.82) is 0 Å². The molecule has 2 rings (SSSR count). The Morgan fingerprint density at radius 2 is 0.829 bits per heavy atom. The summed E-state index contributed by atoms with van der Waals surface area (Å²) in [5.74, 6) is 1.91. The first kappa shape index (κ1) is 28.8. The summed E-state index contributed by atoms with van der Waals surface area (Å²) in [6.07, 6.45) is 7.55. The van der Waals surface area contributed by atoms with Gasteiger partial charge in [0.25, 0.3) is 0 Å². The summed E-state index contributed by atoms with van der Waals surface area (Å²) in [7, 11) is 0. The molecule has 0 radical (unpaired) electrons. The van der Waals surface area contributed by atoms with E-state index in [1.807, 2.05) is 12.1 Å². The van der Waals surface area contributed by atoms with Crippen LogP contribution in [0.25, 0.3) is 0 Å². The van der Waals surface area contributed by atoms with Crippen LogP contribution in [0.4, 0.5) is 0 Å². The Hall–Kier alpha value is -2.41. The molecule has 7 heteroatoms. The lowest BCUT2D eigenvalue weighted by Gasteiger charge is -2.20. The average molecular weight is 507 g/mol. The minimum atomic E-state index is 0.0608. The third-order valence-electron chi connectivity index (χ3n) is 5.31. The highest BCUT2D eigenvalue weighted by Crippen LogP contribution is 2.51. The standard InChI is InChI=1S/C28H42O6S/c1-5-9-17-31-25-21(29)13-15-23(27(25)33-19-11-7-3)35-24-16-14-22(30)26(32-18-10-6-2)28(24)34-20-12-8-4/h13-16,29-30H,5-12,17-20H2,1-4H3. The topological polar surface area (TPSA) is 77.4 Å². The Labute approximate surface area is 214 Å². The van der Waals surface area contributed by atoms with Gasteiger partial charge in [0.1, 0.15) is 0 Å². The van der Waals surface area contributed by atoms with Gasteiger partial charge in [-0.05, 0) is 49.9 Å². The van der Waals surface area contributed by atoms with Crippen LogP contribution in [0.5, 0.6) is 34.5 Å². The highest BCUT2D eigenvalue weighted by molar-refractivity contribution is 7.99. The molecule has 0 aliphatic heterocycles. The predicted molar refractivity (Wildman–Crippen MR) is 142 cm³/mol. The molecule has 0 atom stereocenters. The van der Waals surface area contributed by atoms with Crippen molar-refractivity contribution in [3.63, 3.8) is 0 Å². The molecule has 0 spiro atoms. The lowest BCUT2D eigenvalue weighted by atomic mass is 10.2. The Balaban J connectivity index is 2.46. The second kappa shape index (κ2) is 16.3. The van der Waals surface area contributed by atoms with Gasteiger partial charge in [-0.2, -0.15) is 0 Å². The molecule has 0 bridgehead atoms. The Morgan fingerprint density at radius 3 is 1.14 bits per heavy atom. The van der Waals surface area contributed by atoms with Crippen molar-refractivity contribution in [2.24, 2.45) is 0 Å². The van der Waals surface area contributed by atoms with Crippen molar-refractivity contribution in [1.82, 2.24) is 0 Å². The van der Waals surface area contributed by atoms with Crippen LogP contribution in [0.3, 0.4) is 0 Å². The van der Waals surface area contributed by atoms with Crippen LogP contribution < -0.4 is 18.9 Å². The Bertz CT molecular complexity index is 815. The smallest absolute Gasteiger partial charge is 0.204 e. The van der Waals surface area contributed by atoms with Crippen LogP contribution in [0.1, 0.15) is 79.1 Å².